The molecular weight excluding hydrogens is 893 g/mol. The maximum absolute atomic E-state index is 10.9. The Bertz CT molecular complexity index is 1180. The number of nitrogens with one attached hydrogen (secondary N) is 4. The average molecular weight is 1030 g/mol. The van der Waals surface area contributed by atoms with Crippen LogP contribution in [0.15, 0.2) is 0 Å². The van der Waals surface area contributed by atoms with E-state index in [9.17, 15) is 4.79 Å². The molecule has 73 heavy (non-hydrogen) atoms. The van der Waals surface area contributed by atoms with Crippen LogP contribution in [0.1, 0.15) is 273 Å². The third-order valence-corrected chi connectivity index (χ3v) is 19.5. The lowest BCUT2D eigenvalue weighted by Gasteiger charge is -2.38. The first kappa shape index (κ1) is 70.3. The zero-order chi connectivity index (χ0) is 55.0. The van der Waals surface area contributed by atoms with E-state index >= 15 is 0 Å². The second kappa shape index (κ2) is 39.6. The molecule has 5 saturated heterocycles. The van der Waals surface area contributed by atoms with E-state index in [0.29, 0.717) is 22.8 Å². The van der Waals surface area contributed by atoms with Crippen LogP contribution in [0, 0.1) is 94.2 Å². The third-order valence-electron chi connectivity index (χ3n) is 19.5. The number of hydrogen-bond donors (Lipinski definition) is 4. The third kappa shape index (κ3) is 34.0. The predicted molar refractivity (Wildman–Crippen MR) is 324 cm³/mol. The molecule has 8 rings (SSSR count). The van der Waals surface area contributed by atoms with Crippen LogP contribution in [-0.4, -0.2) is 63.9 Å². The number of piperidine rings is 4. The van der Waals surface area contributed by atoms with Crippen LogP contribution in [0.3, 0.4) is 0 Å². The fourth-order valence-corrected chi connectivity index (χ4v) is 12.2. The lowest BCUT2D eigenvalue weighted by molar-refractivity contribution is -0.123. The fraction of sp³-hybridized carbons (Fsp3) is 0.985. The standard InChI is InChI=1S/C10H21N.C9H19N.2C9H18.C8H15NO.C8H17N.C8H16O.C6H12/c1-8(2)9-5-6-11-10(3,4)7-9;1-8(2)9(3)4-6-10-7-5-9;2*1-8(2)9-6-4-3-5-7-9;1-6(2)7-3-4-9-8(10)5-7;2*1-7(2)8-3-5-9-6-4-8;1-5(2)6-3-4-6/h8-9,11H,5-7H2,1-4H3;8,10H,4-7H2,1-3H3;2*8-9H,3-7H2,1-2H3;6-7H,3-5H2,1-2H3,(H,9,10);7-9H,3-6H2,1-2H3;7-8H,3-6H2,1-2H3;5-6H,3-4H2,1-2H3. The highest BCUT2D eigenvalue weighted by Gasteiger charge is 2.30. The lowest BCUT2D eigenvalue weighted by Crippen LogP contribution is -2.47. The van der Waals surface area contributed by atoms with E-state index in [1.807, 2.05) is 0 Å². The Hall–Kier alpha value is -0.690. The molecule has 3 saturated carbocycles. The van der Waals surface area contributed by atoms with Gasteiger partial charge in [0.05, 0.1) is 0 Å². The van der Waals surface area contributed by atoms with Gasteiger partial charge in [0.2, 0.25) is 5.91 Å². The molecule has 0 aromatic heterocycles. The van der Waals surface area contributed by atoms with Gasteiger partial charge in [-0.15, -0.1) is 0 Å². The molecule has 1 amide bonds. The van der Waals surface area contributed by atoms with E-state index in [1.165, 1.54) is 161 Å². The van der Waals surface area contributed by atoms with Gasteiger partial charge in [0, 0.05) is 31.7 Å². The molecule has 5 heterocycles. The first-order valence-electron chi connectivity index (χ1n) is 32.4. The molecule has 6 heteroatoms. The highest BCUT2D eigenvalue weighted by atomic mass is 16.5. The van der Waals surface area contributed by atoms with Crippen molar-refractivity contribution in [2.24, 2.45) is 94.2 Å². The van der Waals surface area contributed by atoms with E-state index < -0.39 is 0 Å². The van der Waals surface area contributed by atoms with Crippen molar-refractivity contribution in [3.8, 4) is 0 Å². The van der Waals surface area contributed by atoms with Gasteiger partial charge in [-0.1, -0.05) is 182 Å². The van der Waals surface area contributed by atoms with Crippen LogP contribution in [0.4, 0.5) is 0 Å². The van der Waals surface area contributed by atoms with Crippen LogP contribution in [0.25, 0.3) is 0 Å². The number of carbonyl (C=O) groups is 1. The van der Waals surface area contributed by atoms with E-state index in [0.717, 1.165) is 110 Å². The van der Waals surface area contributed by atoms with Crippen LogP contribution in [-0.2, 0) is 9.53 Å². The van der Waals surface area contributed by atoms with Crippen LogP contribution < -0.4 is 21.3 Å². The van der Waals surface area contributed by atoms with Crippen molar-refractivity contribution in [1.29, 1.82) is 0 Å². The average Bonchev–Trinajstić information content (AvgIpc) is 4.23. The largest absolute Gasteiger partial charge is 0.381 e. The van der Waals surface area contributed by atoms with Crippen molar-refractivity contribution in [2.45, 2.75) is 278 Å². The highest BCUT2D eigenvalue weighted by Crippen LogP contribution is 2.37. The molecular formula is C67H136N4O2. The Morgan fingerprint density at radius 1 is 0.397 bits per heavy atom. The summed E-state index contributed by atoms with van der Waals surface area (Å²) in [6.45, 7) is 53.0. The second-order valence-corrected chi connectivity index (χ2v) is 28.6. The van der Waals surface area contributed by atoms with Crippen molar-refractivity contribution >= 4 is 5.91 Å². The van der Waals surface area contributed by atoms with E-state index in [1.54, 1.807) is 0 Å². The minimum absolute atomic E-state index is 0.227. The Labute approximate surface area is 459 Å². The quantitative estimate of drug-likeness (QED) is 0.195. The van der Waals surface area contributed by atoms with Gasteiger partial charge in [-0.2, -0.15) is 0 Å². The topological polar surface area (TPSA) is 74.4 Å². The zero-order valence-corrected chi connectivity index (χ0v) is 53.2. The molecule has 8 aliphatic rings. The highest BCUT2D eigenvalue weighted by molar-refractivity contribution is 5.76. The predicted octanol–water partition coefficient (Wildman–Crippen LogP) is 17.8. The van der Waals surface area contributed by atoms with Crippen LogP contribution >= 0.6 is 0 Å². The van der Waals surface area contributed by atoms with E-state index in [-0.39, 0.29) is 5.91 Å². The summed E-state index contributed by atoms with van der Waals surface area (Å²) >= 11 is 0. The molecule has 2 unspecified atom stereocenters. The molecule has 5 aliphatic heterocycles. The second-order valence-electron chi connectivity index (χ2n) is 28.6. The van der Waals surface area contributed by atoms with Gasteiger partial charge >= 0.3 is 0 Å². The zero-order valence-electron chi connectivity index (χ0n) is 53.2. The molecule has 2 atom stereocenters. The number of carbonyl (C=O) groups excluding carboxylic acids is 1. The molecule has 0 bridgehead atoms. The first-order valence-corrected chi connectivity index (χ1v) is 32.4. The maximum Gasteiger partial charge on any atom is 0.220 e. The molecule has 0 aromatic rings. The summed E-state index contributed by atoms with van der Waals surface area (Å²) in [6.07, 6.45) is 30.5. The molecule has 3 aliphatic carbocycles. The maximum atomic E-state index is 10.9. The molecule has 0 spiro atoms. The van der Waals surface area contributed by atoms with Crippen molar-refractivity contribution in [3.05, 3.63) is 0 Å². The molecule has 4 N–H and O–H groups in total. The van der Waals surface area contributed by atoms with Gasteiger partial charge in [-0.3, -0.25) is 4.79 Å². The van der Waals surface area contributed by atoms with Gasteiger partial charge in [-0.05, 0) is 211 Å². The minimum atomic E-state index is 0.227. The lowest BCUT2D eigenvalue weighted by atomic mass is 9.72. The SMILES string of the molecule is CC(C)C1(C)CCNCC1.CC(C)C1CC1.CC(C)C1CCCCC1.CC(C)C1CCCCC1.CC(C)C1CCNC(=O)C1.CC(C)C1CCNC(C)(C)C1.CC(C)C1CCNCC1.CC(C)C1CCOCC1. The summed E-state index contributed by atoms with van der Waals surface area (Å²) in [5.74, 6) is 13.9. The summed E-state index contributed by atoms with van der Waals surface area (Å²) < 4.78 is 5.25. The summed E-state index contributed by atoms with van der Waals surface area (Å²) in [7, 11) is 0. The first-order chi connectivity index (χ1) is 34.4. The molecule has 8 fully saturated rings. The van der Waals surface area contributed by atoms with Gasteiger partial charge in [0.1, 0.15) is 0 Å². The molecule has 6 nitrogen and oxygen atoms in total. The summed E-state index contributed by atoms with van der Waals surface area (Å²) in [4.78, 5) is 10.9. The van der Waals surface area contributed by atoms with E-state index in [2.05, 4.69) is 153 Å². The Morgan fingerprint density at radius 3 is 1.03 bits per heavy atom. The number of amides is 1. The van der Waals surface area contributed by atoms with Crippen molar-refractivity contribution in [3.63, 3.8) is 0 Å². The van der Waals surface area contributed by atoms with Gasteiger partial charge in [-0.25, -0.2) is 0 Å². The van der Waals surface area contributed by atoms with Crippen molar-refractivity contribution < 1.29 is 9.53 Å². The smallest absolute Gasteiger partial charge is 0.220 e. The van der Waals surface area contributed by atoms with Crippen LogP contribution in [0.5, 0.6) is 0 Å². The van der Waals surface area contributed by atoms with Gasteiger partial charge < -0.3 is 26.0 Å². The van der Waals surface area contributed by atoms with Gasteiger partial charge in [0.15, 0.2) is 0 Å². The molecule has 436 valence electrons. The van der Waals surface area contributed by atoms with Gasteiger partial charge in [0.25, 0.3) is 0 Å². The summed E-state index contributed by atoms with van der Waals surface area (Å²) in [5, 5.41) is 13.1. The molecule has 0 aromatic carbocycles. The fourth-order valence-electron chi connectivity index (χ4n) is 12.2. The van der Waals surface area contributed by atoms with Crippen LogP contribution in [0.2, 0.25) is 0 Å². The minimum Gasteiger partial charge on any atom is -0.381 e. The number of ether oxygens (including phenoxy) is 1. The van der Waals surface area contributed by atoms with E-state index in [4.69, 9.17) is 4.74 Å². The Kier molecular flexibility index (Phi) is 38.2. The number of hydrogen-bond acceptors (Lipinski definition) is 5. The molecule has 0 radical (unpaired) electrons. The normalized spacial score (nSPS) is 24.9. The Balaban J connectivity index is 0.000000419. The number of rotatable bonds is 8. The summed E-state index contributed by atoms with van der Waals surface area (Å²) in [6, 6.07) is 0. The monoisotopic (exact) mass is 1030 g/mol. The van der Waals surface area contributed by atoms with Crippen molar-refractivity contribution in [2.75, 3.05) is 52.5 Å². The Morgan fingerprint density at radius 2 is 0.753 bits per heavy atom. The van der Waals surface area contributed by atoms with Crippen molar-refractivity contribution in [1.82, 2.24) is 21.3 Å². The summed E-state index contributed by atoms with van der Waals surface area (Å²) in [5.41, 5.74) is 0.998.